The Labute approximate surface area is 236 Å². The predicted molar refractivity (Wildman–Crippen MR) is 154 cm³/mol. The highest BCUT2D eigenvalue weighted by atomic mass is 16.2. The topological polar surface area (TPSA) is 112 Å². The predicted octanol–water partition coefficient (Wildman–Crippen LogP) is 2.54. The summed E-state index contributed by atoms with van der Waals surface area (Å²) in [7, 11) is 1.72. The summed E-state index contributed by atoms with van der Waals surface area (Å²) in [6, 6.07) is 8.79. The lowest BCUT2D eigenvalue weighted by molar-refractivity contribution is -0.140. The van der Waals surface area contributed by atoms with Crippen LogP contribution in [0.5, 0.6) is 0 Å². The zero-order valence-electron chi connectivity index (χ0n) is 24.1. The second-order valence-electron chi connectivity index (χ2n) is 11.6. The molecule has 4 rings (SSSR count). The molecule has 10 nitrogen and oxygen atoms in total. The molecule has 0 radical (unpaired) electrons. The smallest absolute Gasteiger partial charge is 0.274 e. The second-order valence-corrected chi connectivity index (χ2v) is 11.6. The quantitative estimate of drug-likeness (QED) is 0.404. The van der Waals surface area contributed by atoms with E-state index in [0.717, 1.165) is 18.4 Å². The highest BCUT2D eigenvalue weighted by Crippen LogP contribution is 2.27. The summed E-state index contributed by atoms with van der Waals surface area (Å²) in [5.74, 6) is -0.504. The maximum Gasteiger partial charge on any atom is 0.274 e. The molecule has 10 heteroatoms. The van der Waals surface area contributed by atoms with Crippen molar-refractivity contribution in [3.63, 3.8) is 0 Å². The molecule has 214 valence electrons. The number of benzene rings is 1. The lowest BCUT2D eigenvalue weighted by atomic mass is 9.85. The molecule has 0 spiro atoms. The third-order valence-corrected chi connectivity index (χ3v) is 7.60. The molecule has 3 heterocycles. The Morgan fingerprint density at radius 1 is 1.18 bits per heavy atom. The monoisotopic (exact) mass is 547 g/mol. The summed E-state index contributed by atoms with van der Waals surface area (Å²) >= 11 is 0. The van der Waals surface area contributed by atoms with Gasteiger partial charge in [-0.1, -0.05) is 51.1 Å². The molecule has 1 aliphatic heterocycles. The number of nitrogens with zero attached hydrogens (tertiary/aromatic N) is 5. The number of hydrogen-bond acceptors (Lipinski definition) is 6. The first kappa shape index (κ1) is 29.2. The Morgan fingerprint density at radius 2 is 1.93 bits per heavy atom. The van der Waals surface area contributed by atoms with E-state index in [0.29, 0.717) is 37.4 Å². The van der Waals surface area contributed by atoms with E-state index in [4.69, 9.17) is 0 Å². The number of aromatic nitrogens is 3. The molecule has 1 aliphatic rings. The van der Waals surface area contributed by atoms with Crippen LogP contribution in [0.4, 0.5) is 0 Å². The Balaban J connectivity index is 1.56. The van der Waals surface area contributed by atoms with Crippen molar-refractivity contribution in [2.45, 2.75) is 65.1 Å². The fraction of sp³-hybridized carbons (Fsp3) is 0.500. The van der Waals surface area contributed by atoms with Crippen LogP contribution in [0.1, 0.15) is 56.6 Å². The first-order valence-corrected chi connectivity index (χ1v) is 14.0. The summed E-state index contributed by atoms with van der Waals surface area (Å²) in [5.41, 5.74) is 1.60. The minimum atomic E-state index is -0.684. The van der Waals surface area contributed by atoms with Crippen LogP contribution in [-0.4, -0.2) is 86.7 Å². The summed E-state index contributed by atoms with van der Waals surface area (Å²) in [6.07, 6.45) is 9.08. The molecule has 3 amide bonds. The van der Waals surface area contributed by atoms with E-state index in [-0.39, 0.29) is 23.8 Å². The average molecular weight is 548 g/mol. The SMILES string of the molecule is CN[C@@H](C)C(=O)N[C@H](C(=O)N1CCC[C@H]1CN(CCc1ccccc1)C(=O)c1cn2ccncc2n1)C(C)(C)C. The summed E-state index contributed by atoms with van der Waals surface area (Å²) in [5, 5.41) is 5.91. The first-order valence-electron chi connectivity index (χ1n) is 14.0. The van der Waals surface area contributed by atoms with Crippen molar-refractivity contribution in [1.29, 1.82) is 0 Å². The van der Waals surface area contributed by atoms with Crippen LogP contribution in [0.2, 0.25) is 0 Å². The number of nitrogens with one attached hydrogen (secondary N) is 2. The van der Waals surface area contributed by atoms with Gasteiger partial charge in [0.15, 0.2) is 5.65 Å². The molecule has 2 aromatic heterocycles. The Morgan fingerprint density at radius 3 is 2.60 bits per heavy atom. The van der Waals surface area contributed by atoms with Crippen molar-refractivity contribution in [2.75, 3.05) is 26.7 Å². The van der Waals surface area contributed by atoms with Crippen LogP contribution in [-0.2, 0) is 16.0 Å². The molecule has 2 N–H and O–H groups in total. The Hall–Kier alpha value is -3.79. The van der Waals surface area contributed by atoms with Crippen molar-refractivity contribution in [2.24, 2.45) is 5.41 Å². The minimum absolute atomic E-state index is 0.110. The molecule has 40 heavy (non-hydrogen) atoms. The number of rotatable bonds is 10. The third-order valence-electron chi connectivity index (χ3n) is 7.60. The molecular formula is C30H41N7O3. The highest BCUT2D eigenvalue weighted by molar-refractivity contribution is 5.93. The minimum Gasteiger partial charge on any atom is -0.342 e. The number of hydrogen-bond donors (Lipinski definition) is 2. The molecule has 0 unspecified atom stereocenters. The molecule has 0 aliphatic carbocycles. The number of fused-ring (bicyclic) bond motifs is 1. The summed E-state index contributed by atoms with van der Waals surface area (Å²) in [6.45, 7) is 9.11. The highest BCUT2D eigenvalue weighted by Gasteiger charge is 2.41. The maximum absolute atomic E-state index is 13.9. The first-order chi connectivity index (χ1) is 19.1. The number of imidazole rings is 1. The zero-order valence-corrected chi connectivity index (χ0v) is 24.1. The van der Waals surface area contributed by atoms with Crippen molar-refractivity contribution in [1.82, 2.24) is 34.8 Å². The van der Waals surface area contributed by atoms with Crippen LogP contribution in [0.25, 0.3) is 5.65 Å². The van der Waals surface area contributed by atoms with Crippen molar-refractivity contribution in [3.05, 3.63) is 66.4 Å². The molecule has 0 saturated carbocycles. The fourth-order valence-electron chi connectivity index (χ4n) is 5.08. The molecule has 1 aromatic carbocycles. The number of carbonyl (C=O) groups excluding carboxylic acids is 3. The normalized spacial score (nSPS) is 17.0. The van der Waals surface area contributed by atoms with E-state index in [9.17, 15) is 14.4 Å². The number of amides is 3. The zero-order chi connectivity index (χ0) is 28.9. The Bertz CT molecular complexity index is 1280. The Kier molecular flexibility index (Phi) is 9.19. The molecule has 1 fully saturated rings. The molecule has 3 aromatic rings. The van der Waals surface area contributed by atoms with Gasteiger partial charge in [0.05, 0.1) is 12.2 Å². The van der Waals surface area contributed by atoms with E-state index >= 15 is 0 Å². The average Bonchev–Trinajstić information content (AvgIpc) is 3.59. The van der Waals surface area contributed by atoms with Gasteiger partial charge >= 0.3 is 0 Å². The molecule has 1 saturated heterocycles. The van der Waals surface area contributed by atoms with Gasteiger partial charge in [0.2, 0.25) is 11.8 Å². The van der Waals surface area contributed by atoms with E-state index < -0.39 is 17.5 Å². The van der Waals surface area contributed by atoms with Gasteiger partial charge in [-0.2, -0.15) is 0 Å². The van der Waals surface area contributed by atoms with Crippen molar-refractivity contribution >= 4 is 23.4 Å². The van der Waals surface area contributed by atoms with Crippen LogP contribution in [0, 0.1) is 5.41 Å². The standard InChI is InChI=1S/C30H41N7O3/c1-21(31-5)27(38)34-26(30(2,3)4)29(40)37-15-9-12-23(37)19-36(16-13-22-10-7-6-8-11-22)28(39)24-20-35-17-14-32-18-25(35)33-24/h6-8,10-11,14,17-18,20-21,23,26,31H,9,12-13,15-16,19H2,1-5H3,(H,34,38)/t21-,23-,26+/m0/s1. The lowest BCUT2D eigenvalue weighted by Crippen LogP contribution is -2.59. The van der Waals surface area contributed by atoms with E-state index in [1.54, 1.807) is 43.2 Å². The number of likely N-dealkylation sites (tertiary alicyclic amines) is 1. The van der Waals surface area contributed by atoms with Crippen molar-refractivity contribution < 1.29 is 14.4 Å². The maximum atomic E-state index is 13.9. The van der Waals surface area contributed by atoms with Gasteiger partial charge in [-0.15, -0.1) is 0 Å². The summed E-state index contributed by atoms with van der Waals surface area (Å²) < 4.78 is 1.78. The largest absolute Gasteiger partial charge is 0.342 e. The van der Waals surface area contributed by atoms with Gasteiger partial charge in [0.1, 0.15) is 11.7 Å². The van der Waals surface area contributed by atoms with Gasteiger partial charge in [-0.25, -0.2) is 4.98 Å². The van der Waals surface area contributed by atoms with E-state index in [1.807, 2.05) is 60.9 Å². The molecule has 3 atom stereocenters. The van der Waals surface area contributed by atoms with Gasteiger partial charge in [0, 0.05) is 44.3 Å². The van der Waals surface area contributed by atoms with E-state index in [2.05, 4.69) is 20.6 Å². The van der Waals surface area contributed by atoms with Crippen LogP contribution in [0.3, 0.4) is 0 Å². The van der Waals surface area contributed by atoms with Crippen LogP contribution < -0.4 is 10.6 Å². The second kappa shape index (κ2) is 12.6. The van der Waals surface area contributed by atoms with Crippen LogP contribution in [0.15, 0.2) is 55.1 Å². The van der Waals surface area contributed by atoms with Gasteiger partial charge in [-0.05, 0) is 44.2 Å². The van der Waals surface area contributed by atoms with Crippen LogP contribution >= 0.6 is 0 Å². The number of carbonyl (C=O) groups is 3. The van der Waals surface area contributed by atoms with Gasteiger partial charge < -0.3 is 24.8 Å². The van der Waals surface area contributed by atoms with Crippen molar-refractivity contribution in [3.8, 4) is 0 Å². The number of likely N-dealkylation sites (N-methyl/N-ethyl adjacent to an activating group) is 1. The fourth-order valence-corrected chi connectivity index (χ4v) is 5.08. The van der Waals surface area contributed by atoms with Gasteiger partial charge in [0.25, 0.3) is 5.91 Å². The summed E-state index contributed by atoms with van der Waals surface area (Å²) in [4.78, 5) is 52.8. The molecular weight excluding hydrogens is 506 g/mol. The third kappa shape index (κ3) is 6.85. The van der Waals surface area contributed by atoms with E-state index in [1.165, 1.54) is 0 Å². The molecule has 0 bridgehead atoms. The lowest BCUT2D eigenvalue weighted by Gasteiger charge is -2.37. The van der Waals surface area contributed by atoms with Gasteiger partial charge in [-0.3, -0.25) is 19.4 Å².